The van der Waals surface area contributed by atoms with Gasteiger partial charge < -0.3 is 39.4 Å². The molecule has 0 aromatic heterocycles. The monoisotopic (exact) mass is 1660 g/mol. The fourth-order valence-corrected chi connectivity index (χ4v) is 13.5. The standard InChI is InChI=1S/C28H36O3.C27H33FO3.C27H34O3.C26H31FO3/c1-7-9-16-31-27-24(18-21(8-2)19-25(27)28(4,5)6)23-13-11-10-12-22(23)15-14-20(3)17-26(29)30;1-6-20-17-23(26(31-15-9-14-28)24(18-20)27(3,4)5)22-11-8-7-10-21(22)13-12-19(2)16-25(29)30;1-7-15-30-26-23(17-20(8-2)18-24(26)27(4,5)6)22-12-10-9-11-21(22)14-13-19(3)16-25(28)29;1-6-19-16-22(25(30-14-13-27)23(17-19)26(3,4)5)21-10-8-7-9-20(21)12-11-18(2)15-24(28)29/h10-15,17-19H,7-9,16H2,1-6H3,(H,29,30);7-8,10-13,16-18H,6,9,14-15H2,1-5H3,(H,29,30);9-14,16-18H,7-8,15H2,1-6H3,(H,28,29);7-12,15-17H,6,13-14H2,1-5H3,(H,28,29)/b15-14+,20-17+;13-12+,19-16+;14-13+,19-16+;12-11+,18-15+. The molecule has 0 saturated carbocycles. The van der Waals surface area contributed by atoms with Crippen molar-refractivity contribution >= 4 is 48.2 Å². The number of allylic oxidation sites excluding steroid dienone is 8. The van der Waals surface area contributed by atoms with Gasteiger partial charge >= 0.3 is 23.9 Å². The number of rotatable bonds is 34. The summed E-state index contributed by atoms with van der Waals surface area (Å²) in [4.78, 5) is 43.7. The van der Waals surface area contributed by atoms with E-state index in [1.165, 1.54) is 57.7 Å². The van der Waals surface area contributed by atoms with E-state index >= 15 is 0 Å². The number of aryl methyl sites for hydroxylation is 4. The lowest BCUT2D eigenvalue weighted by Crippen LogP contribution is -2.16. The average molecular weight is 1660 g/mol. The minimum Gasteiger partial charge on any atom is -0.493 e. The molecule has 0 aliphatic rings. The predicted octanol–water partition coefficient (Wildman–Crippen LogP) is 28.1. The number of hydrogen-bond donors (Lipinski definition) is 4. The van der Waals surface area contributed by atoms with E-state index < -0.39 is 37.2 Å². The number of carboxylic acid groups (broad SMARTS) is 4. The van der Waals surface area contributed by atoms with Gasteiger partial charge in [-0.05, 0) is 201 Å². The number of unbranched alkanes of at least 4 members (excludes halogenated alkanes) is 1. The zero-order valence-electron chi connectivity index (χ0n) is 76.5. The smallest absolute Gasteiger partial charge is 0.328 e. The molecule has 8 rings (SSSR count). The van der Waals surface area contributed by atoms with Crippen molar-refractivity contribution in [1.82, 2.24) is 0 Å². The molecule has 0 saturated heterocycles. The molecule has 0 atom stereocenters. The van der Waals surface area contributed by atoms with Crippen molar-refractivity contribution in [3.8, 4) is 67.5 Å². The quantitative estimate of drug-likeness (QED) is 0.0170. The number of carboxylic acids is 4. The first kappa shape index (κ1) is 101. The molecule has 0 unspecified atom stereocenters. The van der Waals surface area contributed by atoms with Crippen molar-refractivity contribution in [2.75, 3.05) is 39.8 Å². The van der Waals surface area contributed by atoms with E-state index in [1.807, 2.05) is 109 Å². The molecule has 652 valence electrons. The third kappa shape index (κ3) is 31.9. The third-order valence-corrected chi connectivity index (χ3v) is 20.0. The summed E-state index contributed by atoms with van der Waals surface area (Å²) >= 11 is 0. The minimum atomic E-state index is -0.974. The molecule has 4 N–H and O–H groups in total. The van der Waals surface area contributed by atoms with Crippen LogP contribution < -0.4 is 18.9 Å². The van der Waals surface area contributed by atoms with Crippen LogP contribution in [0, 0.1) is 0 Å². The SMILES string of the molecule is CCCCOc1c(-c2ccccc2/C=C/C(C)=C/C(=O)O)cc(CC)cc1C(C)(C)C.CCCOc1c(-c2ccccc2/C=C/C(C)=C/C(=O)O)cc(CC)cc1C(C)(C)C.CCc1cc(-c2ccccc2/C=C/C(C)=C/C(=O)O)c(OCCCF)c(C(C)(C)C)c1.CCc1cc(-c2ccccc2/C=C/C(C)=C/C(=O)O)c(OCCF)c(C(C)(C)C)c1. The van der Waals surface area contributed by atoms with Gasteiger partial charge in [0.25, 0.3) is 0 Å². The number of alkyl halides is 2. The zero-order valence-corrected chi connectivity index (χ0v) is 76.5. The van der Waals surface area contributed by atoms with Gasteiger partial charge in [-0.1, -0.05) is 301 Å². The van der Waals surface area contributed by atoms with Gasteiger partial charge in [0.1, 0.15) is 36.3 Å². The average Bonchev–Trinajstić information content (AvgIpc) is 0.794. The fraction of sp³-hybridized carbons (Fsp3) is 0.370. The lowest BCUT2D eigenvalue weighted by atomic mass is 9.82. The number of halogens is 2. The Balaban J connectivity index is 0.000000289. The molecule has 0 aliphatic carbocycles. The van der Waals surface area contributed by atoms with Crippen LogP contribution in [0.25, 0.3) is 68.8 Å². The highest BCUT2D eigenvalue weighted by Crippen LogP contribution is 2.47. The molecule has 0 heterocycles. The van der Waals surface area contributed by atoms with Crippen LogP contribution in [-0.4, -0.2) is 84.1 Å². The van der Waals surface area contributed by atoms with Gasteiger partial charge in [-0.25, -0.2) is 23.6 Å². The van der Waals surface area contributed by atoms with Crippen LogP contribution in [-0.2, 0) is 66.5 Å². The number of carbonyl (C=O) groups is 4. The molecule has 0 fully saturated rings. The van der Waals surface area contributed by atoms with E-state index in [1.54, 1.807) is 39.8 Å². The highest BCUT2D eigenvalue weighted by molar-refractivity contribution is 5.88. The zero-order chi connectivity index (χ0) is 90.7. The normalized spacial score (nSPS) is 12.4. The first-order valence-corrected chi connectivity index (χ1v) is 42.8. The summed E-state index contributed by atoms with van der Waals surface area (Å²) in [6.45, 7) is 46.8. The second-order valence-electron chi connectivity index (χ2n) is 34.6. The highest BCUT2D eigenvalue weighted by atomic mass is 19.1. The van der Waals surface area contributed by atoms with E-state index in [0.29, 0.717) is 54.3 Å². The lowest BCUT2D eigenvalue weighted by Gasteiger charge is -2.27. The summed E-state index contributed by atoms with van der Waals surface area (Å²) in [5, 5.41) is 35.9. The number of hydrogen-bond acceptors (Lipinski definition) is 8. The van der Waals surface area contributed by atoms with Crippen LogP contribution in [0.2, 0.25) is 0 Å². The first-order chi connectivity index (χ1) is 57.7. The molecule has 0 bridgehead atoms. The summed E-state index contributed by atoms with van der Waals surface area (Å²) in [7, 11) is 0. The van der Waals surface area contributed by atoms with Crippen molar-refractivity contribution in [1.29, 1.82) is 0 Å². The largest absolute Gasteiger partial charge is 0.493 e. The molecule has 12 nitrogen and oxygen atoms in total. The maximum Gasteiger partial charge on any atom is 0.328 e. The first-order valence-electron chi connectivity index (χ1n) is 42.8. The number of ether oxygens (including phenoxy) is 4. The number of benzene rings is 8. The molecular formula is C108H134F2O12. The second kappa shape index (κ2) is 48.9. The van der Waals surface area contributed by atoms with Gasteiger partial charge in [-0.15, -0.1) is 0 Å². The lowest BCUT2D eigenvalue weighted by molar-refractivity contribution is -0.132. The van der Waals surface area contributed by atoms with E-state index in [2.05, 4.69) is 197 Å². The Morgan fingerprint density at radius 2 is 0.533 bits per heavy atom. The van der Waals surface area contributed by atoms with Gasteiger partial charge in [-0.3, -0.25) is 4.39 Å². The molecule has 8 aromatic rings. The molecule has 0 aliphatic heterocycles. The Morgan fingerprint density at radius 3 is 0.738 bits per heavy atom. The Labute approximate surface area is 727 Å². The maximum atomic E-state index is 13.0. The van der Waals surface area contributed by atoms with Crippen LogP contribution in [0.4, 0.5) is 8.78 Å². The topological polar surface area (TPSA) is 186 Å². The van der Waals surface area contributed by atoms with Crippen molar-refractivity contribution in [2.45, 2.75) is 225 Å². The summed E-state index contributed by atoms with van der Waals surface area (Å²) in [5.74, 6) is -0.425. The molecule has 0 radical (unpaired) electrons. The summed E-state index contributed by atoms with van der Waals surface area (Å²) < 4.78 is 50.6. The van der Waals surface area contributed by atoms with Crippen LogP contribution in [0.1, 0.15) is 245 Å². The molecular weight excluding hydrogens is 1530 g/mol. The fourth-order valence-electron chi connectivity index (χ4n) is 13.5. The summed E-state index contributed by atoms with van der Waals surface area (Å²) in [5.41, 5.74) is 24.0. The third-order valence-electron chi connectivity index (χ3n) is 20.0. The van der Waals surface area contributed by atoms with Crippen molar-refractivity contribution in [2.24, 2.45) is 0 Å². The summed E-state index contributed by atoms with van der Waals surface area (Å²) in [6, 6.07) is 49.9. The van der Waals surface area contributed by atoms with Gasteiger partial charge in [0.15, 0.2) is 0 Å². The predicted molar refractivity (Wildman–Crippen MR) is 505 cm³/mol. The molecule has 8 aromatic carbocycles. The molecule has 122 heavy (non-hydrogen) atoms. The van der Waals surface area contributed by atoms with Crippen LogP contribution in [0.5, 0.6) is 23.0 Å². The Bertz CT molecular complexity index is 4770. The highest BCUT2D eigenvalue weighted by Gasteiger charge is 2.29. The molecule has 14 heteroatoms. The Kier molecular flexibility index (Phi) is 40.6. The molecule has 0 amide bonds. The van der Waals surface area contributed by atoms with E-state index in [9.17, 15) is 28.0 Å². The number of aliphatic carboxylic acids is 4. The van der Waals surface area contributed by atoms with Crippen molar-refractivity contribution in [3.05, 3.63) is 283 Å². The minimum absolute atomic E-state index is 0.0000152. The van der Waals surface area contributed by atoms with E-state index in [-0.39, 0.29) is 28.3 Å². The summed E-state index contributed by atoms with van der Waals surface area (Å²) in [6.07, 6.45) is 26.9. The van der Waals surface area contributed by atoms with Gasteiger partial charge in [0.2, 0.25) is 0 Å². The van der Waals surface area contributed by atoms with Crippen LogP contribution >= 0.6 is 0 Å². The Morgan fingerprint density at radius 1 is 0.303 bits per heavy atom. The van der Waals surface area contributed by atoms with Crippen LogP contribution in [0.3, 0.4) is 0 Å². The second-order valence-corrected chi connectivity index (χ2v) is 34.6. The van der Waals surface area contributed by atoms with Crippen LogP contribution in [0.15, 0.2) is 216 Å². The maximum absolute atomic E-state index is 13.0. The van der Waals surface area contributed by atoms with Gasteiger partial charge in [0.05, 0.1) is 26.5 Å². The van der Waals surface area contributed by atoms with E-state index in [4.69, 9.17) is 39.4 Å². The van der Waals surface area contributed by atoms with Gasteiger partial charge in [-0.2, -0.15) is 0 Å². The van der Waals surface area contributed by atoms with Crippen molar-refractivity contribution < 1.29 is 67.3 Å². The van der Waals surface area contributed by atoms with E-state index in [0.717, 1.165) is 140 Å². The van der Waals surface area contributed by atoms with Crippen molar-refractivity contribution in [3.63, 3.8) is 0 Å². The van der Waals surface area contributed by atoms with Gasteiger partial charge in [0, 0.05) is 75.2 Å². The Hall–Kier alpha value is -11.4. The molecule has 0 spiro atoms.